The van der Waals surface area contributed by atoms with Gasteiger partial charge in [0.2, 0.25) is 0 Å². The second-order valence-corrected chi connectivity index (χ2v) is 3.29. The molecular weight excluding hydrogens is 261 g/mol. The summed E-state index contributed by atoms with van der Waals surface area (Å²) in [6, 6.07) is 0. The van der Waals surface area contributed by atoms with Crippen molar-refractivity contribution in [1.82, 2.24) is 9.78 Å². The van der Waals surface area contributed by atoms with Gasteiger partial charge < -0.3 is 0 Å². The van der Waals surface area contributed by atoms with Crippen LogP contribution in [-0.2, 0) is 13.2 Å². The van der Waals surface area contributed by atoms with Crippen molar-refractivity contribution in [2.45, 2.75) is 13.1 Å². The lowest BCUT2D eigenvalue weighted by atomic mass is 10.2. The van der Waals surface area contributed by atoms with Crippen molar-refractivity contribution in [2.75, 3.05) is 0 Å². The van der Waals surface area contributed by atoms with Gasteiger partial charge in [-0.3, -0.25) is 4.68 Å². The third kappa shape index (κ3) is 2.00. The molecule has 1 rings (SSSR count). The van der Waals surface area contributed by atoms with E-state index in [9.17, 15) is 13.2 Å². The molecule has 1 aromatic rings. The van der Waals surface area contributed by atoms with Gasteiger partial charge in [-0.2, -0.15) is 18.3 Å². The van der Waals surface area contributed by atoms with Gasteiger partial charge in [0.1, 0.15) is 0 Å². The quantitative estimate of drug-likeness (QED) is 0.765. The Morgan fingerprint density at radius 3 is 2.43 bits per heavy atom. The number of hydrogen-bond donors (Lipinski definition) is 0. The Hall–Kier alpha value is -0.780. The van der Waals surface area contributed by atoms with Crippen molar-refractivity contribution >= 4 is 22.0 Å². The van der Waals surface area contributed by atoms with Crippen LogP contribution >= 0.6 is 15.9 Å². The van der Waals surface area contributed by atoms with Crippen LogP contribution in [0.3, 0.4) is 0 Å². The number of rotatable bonds is 1. The van der Waals surface area contributed by atoms with E-state index in [1.165, 1.54) is 22.8 Å². The van der Waals surface area contributed by atoms with E-state index in [1.807, 2.05) is 0 Å². The summed E-state index contributed by atoms with van der Waals surface area (Å²) >= 11 is 2.95. The summed E-state index contributed by atoms with van der Waals surface area (Å²) in [6.45, 7) is 1.59. The molecule has 0 amide bonds. The maximum Gasteiger partial charge on any atom is 0.435 e. The number of aromatic nitrogens is 2. The molecule has 2 nitrogen and oxygen atoms in total. The third-order valence-corrected chi connectivity index (χ3v) is 2.14. The van der Waals surface area contributed by atoms with Crippen LogP contribution in [0.15, 0.2) is 4.99 Å². The van der Waals surface area contributed by atoms with E-state index in [-0.39, 0.29) is 5.56 Å². The molecule has 14 heavy (non-hydrogen) atoms. The molecule has 0 atom stereocenters. The lowest BCUT2D eigenvalue weighted by Crippen LogP contribution is -2.08. The van der Waals surface area contributed by atoms with E-state index < -0.39 is 11.9 Å². The summed E-state index contributed by atoms with van der Waals surface area (Å²) in [6.07, 6.45) is -3.07. The van der Waals surface area contributed by atoms with Crippen LogP contribution in [0.5, 0.6) is 0 Å². The van der Waals surface area contributed by atoms with Crippen LogP contribution in [0.25, 0.3) is 6.08 Å². The summed E-state index contributed by atoms with van der Waals surface area (Å²) < 4.78 is 38.5. The lowest BCUT2D eigenvalue weighted by Gasteiger charge is -2.02. The fourth-order valence-corrected chi connectivity index (χ4v) is 1.36. The van der Waals surface area contributed by atoms with E-state index in [0.717, 1.165) is 0 Å². The van der Waals surface area contributed by atoms with Gasteiger partial charge in [0.25, 0.3) is 0 Å². The number of hydrogen-bond acceptors (Lipinski definition) is 1. The molecule has 0 spiro atoms. The van der Waals surface area contributed by atoms with E-state index in [2.05, 4.69) is 21.0 Å². The first-order valence-corrected chi connectivity index (χ1v) is 4.67. The molecule has 0 aromatic carbocycles. The molecule has 1 aromatic heterocycles. The van der Waals surface area contributed by atoms with Crippen LogP contribution in [0.1, 0.15) is 17.0 Å². The molecule has 78 valence electrons. The van der Waals surface area contributed by atoms with Crippen molar-refractivity contribution in [3.8, 4) is 0 Å². The van der Waals surface area contributed by atoms with Gasteiger partial charge in [-0.15, -0.1) is 0 Å². The Morgan fingerprint density at radius 2 is 2.00 bits per heavy atom. The molecule has 1 heterocycles. The largest absolute Gasteiger partial charge is 0.435 e. The number of halogens is 4. The van der Waals surface area contributed by atoms with Gasteiger partial charge in [0, 0.05) is 18.3 Å². The molecule has 0 aliphatic rings. The van der Waals surface area contributed by atoms with Crippen molar-refractivity contribution in [3.63, 3.8) is 0 Å². The second kappa shape index (κ2) is 3.76. The van der Waals surface area contributed by atoms with E-state index in [4.69, 9.17) is 0 Å². The Balaban J connectivity index is 3.37. The van der Waals surface area contributed by atoms with Crippen molar-refractivity contribution in [1.29, 1.82) is 0 Å². The molecule has 0 bridgehead atoms. The monoisotopic (exact) mass is 268 g/mol. The molecule has 0 fully saturated rings. The minimum Gasteiger partial charge on any atom is -0.272 e. The number of alkyl halides is 3. The number of nitrogens with zero attached hydrogens (tertiary/aromatic N) is 2. The Bertz CT molecular complexity index is 365. The second-order valence-electron chi connectivity index (χ2n) is 2.76. The highest BCUT2D eigenvalue weighted by Gasteiger charge is 2.37. The smallest absolute Gasteiger partial charge is 0.272 e. The summed E-state index contributed by atoms with van der Waals surface area (Å²) in [4.78, 5) is 1.38. The molecule has 6 heteroatoms. The SMILES string of the molecule is Cc1c(C=CBr)c(C(F)(F)F)nn1C. The van der Waals surface area contributed by atoms with E-state index >= 15 is 0 Å². The van der Waals surface area contributed by atoms with Crippen LogP contribution in [0.4, 0.5) is 13.2 Å². The minimum absolute atomic E-state index is 0.0943. The van der Waals surface area contributed by atoms with Crippen molar-refractivity contribution < 1.29 is 13.2 Å². The summed E-state index contributed by atoms with van der Waals surface area (Å²) in [7, 11) is 1.48. The fourth-order valence-electron chi connectivity index (χ4n) is 1.10. The minimum atomic E-state index is -4.41. The van der Waals surface area contributed by atoms with E-state index in [0.29, 0.717) is 5.69 Å². The topological polar surface area (TPSA) is 17.8 Å². The Morgan fingerprint density at radius 1 is 1.43 bits per heavy atom. The van der Waals surface area contributed by atoms with Crippen LogP contribution in [0.2, 0.25) is 0 Å². The zero-order chi connectivity index (χ0) is 10.9. The fraction of sp³-hybridized carbons (Fsp3) is 0.375. The predicted octanol–water partition coefficient (Wildman–Crippen LogP) is 3.11. The molecule has 0 unspecified atom stereocenters. The average molecular weight is 269 g/mol. The first kappa shape index (κ1) is 11.3. The zero-order valence-corrected chi connectivity index (χ0v) is 9.15. The normalized spacial score (nSPS) is 12.7. The van der Waals surface area contributed by atoms with Gasteiger partial charge in [-0.1, -0.05) is 15.9 Å². The molecule has 0 saturated heterocycles. The van der Waals surface area contributed by atoms with Gasteiger partial charge in [-0.05, 0) is 18.0 Å². The maximum absolute atomic E-state index is 12.4. The highest BCUT2D eigenvalue weighted by molar-refractivity contribution is 9.11. The molecule has 0 N–H and O–H groups in total. The zero-order valence-electron chi connectivity index (χ0n) is 7.56. The Labute approximate surface area is 87.5 Å². The molecule has 0 aliphatic carbocycles. The average Bonchev–Trinajstić information content (AvgIpc) is 2.32. The van der Waals surface area contributed by atoms with Crippen molar-refractivity contribution in [3.05, 3.63) is 21.9 Å². The van der Waals surface area contributed by atoms with Gasteiger partial charge in [0.15, 0.2) is 5.69 Å². The summed E-state index contributed by atoms with van der Waals surface area (Å²) in [5, 5.41) is 3.42. The van der Waals surface area contributed by atoms with E-state index in [1.54, 1.807) is 6.92 Å². The molecule has 0 saturated carbocycles. The third-order valence-electron chi connectivity index (χ3n) is 1.88. The summed E-state index contributed by atoms with van der Waals surface area (Å²) in [5.74, 6) is 0. The first-order chi connectivity index (χ1) is 6.38. The van der Waals surface area contributed by atoms with Crippen LogP contribution < -0.4 is 0 Å². The highest BCUT2D eigenvalue weighted by atomic mass is 79.9. The first-order valence-electron chi connectivity index (χ1n) is 3.75. The highest BCUT2D eigenvalue weighted by Crippen LogP contribution is 2.32. The van der Waals surface area contributed by atoms with Crippen LogP contribution in [-0.4, -0.2) is 9.78 Å². The summed E-state index contributed by atoms with van der Waals surface area (Å²) in [5.41, 5.74) is -0.280. The Kier molecular flexibility index (Phi) is 3.04. The lowest BCUT2D eigenvalue weighted by molar-refractivity contribution is -0.141. The number of aryl methyl sites for hydroxylation is 1. The van der Waals surface area contributed by atoms with Gasteiger partial charge in [-0.25, -0.2) is 0 Å². The van der Waals surface area contributed by atoms with Crippen molar-refractivity contribution in [2.24, 2.45) is 7.05 Å². The van der Waals surface area contributed by atoms with Crippen LogP contribution in [0, 0.1) is 6.92 Å². The maximum atomic E-state index is 12.4. The standard InChI is InChI=1S/C8H8BrF3N2/c1-5-6(3-4-9)7(8(10,11)12)13-14(5)2/h3-4H,1-2H3. The van der Waals surface area contributed by atoms with Gasteiger partial charge >= 0.3 is 6.18 Å². The molecule has 0 radical (unpaired) electrons. The predicted molar refractivity (Wildman–Crippen MR) is 50.9 cm³/mol. The molecule has 0 aliphatic heterocycles. The van der Waals surface area contributed by atoms with Gasteiger partial charge in [0.05, 0.1) is 0 Å². The molecular formula is C8H8BrF3N2.